The molecule has 0 saturated carbocycles. The number of hydrogen-bond acceptors (Lipinski definition) is 6. The van der Waals surface area contributed by atoms with Gasteiger partial charge in [0.1, 0.15) is 6.54 Å². The Morgan fingerprint density at radius 1 is 1.03 bits per heavy atom. The number of aromatic nitrogens is 1. The van der Waals surface area contributed by atoms with Crippen LogP contribution in [0.4, 0.5) is 5.69 Å². The molecule has 0 atom stereocenters. The molecule has 198 valence electrons. The molecular formula is C28H29N3O5S2. The van der Waals surface area contributed by atoms with Crippen LogP contribution in [0.2, 0.25) is 0 Å². The molecular weight excluding hydrogens is 522 g/mol. The summed E-state index contributed by atoms with van der Waals surface area (Å²) in [5, 5.41) is 0. The number of hydrogen-bond donors (Lipinski definition) is 1. The minimum atomic E-state index is -3.76. The maximum absolute atomic E-state index is 13.1. The zero-order valence-electron chi connectivity index (χ0n) is 21.6. The summed E-state index contributed by atoms with van der Waals surface area (Å²) in [6, 6.07) is 18.6. The van der Waals surface area contributed by atoms with E-state index in [0.717, 1.165) is 21.3 Å². The highest BCUT2D eigenvalue weighted by atomic mass is 32.2. The topological polar surface area (TPSA) is 107 Å². The highest BCUT2D eigenvalue weighted by molar-refractivity contribution is 7.92. The number of aryl methyl sites for hydroxylation is 1. The lowest BCUT2D eigenvalue weighted by atomic mass is 10.0. The number of rotatable bonds is 8. The van der Waals surface area contributed by atoms with Gasteiger partial charge in [0.25, 0.3) is 15.9 Å². The number of amides is 1. The van der Waals surface area contributed by atoms with Crippen LogP contribution in [-0.2, 0) is 26.1 Å². The van der Waals surface area contributed by atoms with Gasteiger partial charge in [0, 0.05) is 11.3 Å². The number of anilines is 1. The number of carbonyl (C=O) groups is 2. The van der Waals surface area contributed by atoms with Crippen molar-refractivity contribution in [1.29, 1.82) is 0 Å². The second-order valence-electron chi connectivity index (χ2n) is 9.07. The standard InChI is InChI=1S/C28H29N3O5S2/c1-5-36-26(32)17-31-24-15-10-21(18(2)3)16-25(24)37-28(31)29-27(33)20-8-11-22(12-9-20)30-38(34,35)23-13-6-19(4)7-14-23/h6-16,18,30H,5,17H2,1-4H3. The minimum absolute atomic E-state index is 0.0687. The zero-order chi connectivity index (χ0) is 27.4. The quantitative estimate of drug-likeness (QED) is 0.302. The third kappa shape index (κ3) is 6.20. The summed E-state index contributed by atoms with van der Waals surface area (Å²) in [4.78, 5) is 30.2. The van der Waals surface area contributed by atoms with E-state index in [0.29, 0.717) is 16.4 Å². The first kappa shape index (κ1) is 27.3. The number of esters is 1. The molecule has 1 amide bonds. The van der Waals surface area contributed by atoms with Crippen LogP contribution in [0.15, 0.2) is 76.6 Å². The van der Waals surface area contributed by atoms with E-state index in [1.54, 1.807) is 23.6 Å². The molecule has 0 saturated heterocycles. The summed E-state index contributed by atoms with van der Waals surface area (Å²) in [5.74, 6) is -0.602. The molecule has 0 bridgehead atoms. The van der Waals surface area contributed by atoms with Crippen molar-refractivity contribution in [1.82, 2.24) is 4.57 Å². The van der Waals surface area contributed by atoms with Crippen molar-refractivity contribution in [3.8, 4) is 0 Å². The molecule has 10 heteroatoms. The van der Waals surface area contributed by atoms with Gasteiger partial charge in [-0.15, -0.1) is 0 Å². The number of ether oxygens (including phenoxy) is 1. The Balaban J connectivity index is 1.63. The molecule has 0 aliphatic rings. The summed E-state index contributed by atoms with van der Waals surface area (Å²) < 4.78 is 35.6. The largest absolute Gasteiger partial charge is 0.465 e. The van der Waals surface area contributed by atoms with Gasteiger partial charge in [-0.2, -0.15) is 4.99 Å². The predicted octanol–water partition coefficient (Wildman–Crippen LogP) is 5.24. The maximum Gasteiger partial charge on any atom is 0.326 e. The fraction of sp³-hybridized carbons (Fsp3) is 0.250. The van der Waals surface area contributed by atoms with Crippen molar-refractivity contribution < 1.29 is 22.7 Å². The van der Waals surface area contributed by atoms with Crippen LogP contribution in [-0.4, -0.2) is 31.5 Å². The van der Waals surface area contributed by atoms with E-state index in [9.17, 15) is 18.0 Å². The predicted molar refractivity (Wildman–Crippen MR) is 149 cm³/mol. The summed E-state index contributed by atoms with van der Waals surface area (Å²) in [6.07, 6.45) is 0. The lowest BCUT2D eigenvalue weighted by Crippen LogP contribution is -2.23. The van der Waals surface area contributed by atoms with E-state index in [4.69, 9.17) is 4.74 Å². The van der Waals surface area contributed by atoms with Crippen molar-refractivity contribution >= 4 is 49.1 Å². The van der Waals surface area contributed by atoms with E-state index in [1.807, 2.05) is 25.1 Å². The molecule has 1 N–H and O–H groups in total. The van der Waals surface area contributed by atoms with Crippen LogP contribution >= 0.6 is 11.3 Å². The highest BCUT2D eigenvalue weighted by Crippen LogP contribution is 2.24. The van der Waals surface area contributed by atoms with Crippen LogP contribution in [0.5, 0.6) is 0 Å². The molecule has 3 aromatic carbocycles. The molecule has 0 aliphatic heterocycles. The number of benzene rings is 3. The Kier molecular flexibility index (Phi) is 8.13. The fourth-order valence-corrected chi connectivity index (χ4v) is 5.92. The SMILES string of the molecule is CCOC(=O)Cn1c(=NC(=O)c2ccc(NS(=O)(=O)c3ccc(C)cc3)cc2)sc2cc(C(C)C)ccc21. The van der Waals surface area contributed by atoms with Crippen molar-refractivity contribution in [3.63, 3.8) is 0 Å². The monoisotopic (exact) mass is 551 g/mol. The first-order chi connectivity index (χ1) is 18.1. The van der Waals surface area contributed by atoms with Gasteiger partial charge in [0.15, 0.2) is 4.80 Å². The lowest BCUT2D eigenvalue weighted by Gasteiger charge is -2.09. The summed E-state index contributed by atoms with van der Waals surface area (Å²) >= 11 is 1.32. The number of nitrogens with zero attached hydrogens (tertiary/aromatic N) is 2. The highest BCUT2D eigenvalue weighted by Gasteiger charge is 2.16. The summed E-state index contributed by atoms with van der Waals surface area (Å²) in [5.41, 5.74) is 3.50. The Morgan fingerprint density at radius 2 is 1.71 bits per heavy atom. The Hall–Kier alpha value is -3.76. The molecule has 0 spiro atoms. The first-order valence-electron chi connectivity index (χ1n) is 12.1. The normalized spacial score (nSPS) is 12.2. The maximum atomic E-state index is 13.1. The van der Waals surface area contributed by atoms with Gasteiger partial charge in [-0.3, -0.25) is 14.3 Å². The van der Waals surface area contributed by atoms with Crippen molar-refractivity contribution in [3.05, 3.63) is 88.2 Å². The smallest absolute Gasteiger partial charge is 0.326 e. The Morgan fingerprint density at radius 3 is 2.34 bits per heavy atom. The van der Waals surface area contributed by atoms with Gasteiger partial charge in [-0.25, -0.2) is 8.42 Å². The third-order valence-electron chi connectivity index (χ3n) is 5.88. The van der Waals surface area contributed by atoms with E-state index < -0.39 is 21.9 Å². The van der Waals surface area contributed by atoms with Gasteiger partial charge in [-0.05, 0) is 73.9 Å². The summed E-state index contributed by atoms with van der Waals surface area (Å²) in [6.45, 7) is 8.00. The second kappa shape index (κ2) is 11.3. The average Bonchev–Trinajstić information content (AvgIpc) is 3.20. The Bertz CT molecular complexity index is 1650. The molecule has 4 rings (SSSR count). The minimum Gasteiger partial charge on any atom is -0.465 e. The molecule has 38 heavy (non-hydrogen) atoms. The lowest BCUT2D eigenvalue weighted by molar-refractivity contribution is -0.143. The Labute approximate surface area is 225 Å². The van der Waals surface area contributed by atoms with Gasteiger partial charge in [0.05, 0.1) is 21.7 Å². The molecule has 0 unspecified atom stereocenters. The van der Waals surface area contributed by atoms with E-state index in [-0.39, 0.29) is 23.6 Å². The average molecular weight is 552 g/mol. The van der Waals surface area contributed by atoms with E-state index >= 15 is 0 Å². The molecule has 4 aromatic rings. The number of nitrogens with one attached hydrogen (secondary N) is 1. The van der Waals surface area contributed by atoms with Crippen LogP contribution in [0.3, 0.4) is 0 Å². The summed E-state index contributed by atoms with van der Waals surface area (Å²) in [7, 11) is -3.76. The number of fused-ring (bicyclic) bond motifs is 1. The first-order valence-corrected chi connectivity index (χ1v) is 14.4. The van der Waals surface area contributed by atoms with E-state index in [1.165, 1.54) is 47.7 Å². The molecule has 0 aliphatic carbocycles. The van der Waals surface area contributed by atoms with Gasteiger partial charge in [0.2, 0.25) is 0 Å². The zero-order valence-corrected chi connectivity index (χ0v) is 23.2. The van der Waals surface area contributed by atoms with Gasteiger partial charge in [-0.1, -0.05) is 48.9 Å². The van der Waals surface area contributed by atoms with Crippen molar-refractivity contribution in [2.24, 2.45) is 4.99 Å². The molecule has 0 fully saturated rings. The van der Waals surface area contributed by atoms with Crippen molar-refractivity contribution in [2.75, 3.05) is 11.3 Å². The molecule has 1 aromatic heterocycles. The van der Waals surface area contributed by atoms with Crippen LogP contribution in [0, 0.1) is 6.92 Å². The van der Waals surface area contributed by atoms with Crippen LogP contribution in [0.1, 0.15) is 48.2 Å². The number of thiazole rings is 1. The number of carbonyl (C=O) groups excluding carboxylic acids is 2. The van der Waals surface area contributed by atoms with Crippen LogP contribution in [0.25, 0.3) is 10.2 Å². The molecule has 1 heterocycles. The number of sulfonamides is 1. The van der Waals surface area contributed by atoms with Gasteiger partial charge < -0.3 is 9.30 Å². The second-order valence-corrected chi connectivity index (χ2v) is 11.8. The molecule has 8 nitrogen and oxygen atoms in total. The van der Waals surface area contributed by atoms with Gasteiger partial charge >= 0.3 is 5.97 Å². The third-order valence-corrected chi connectivity index (χ3v) is 8.32. The molecule has 0 radical (unpaired) electrons. The van der Waals surface area contributed by atoms with E-state index in [2.05, 4.69) is 23.6 Å². The fourth-order valence-electron chi connectivity index (χ4n) is 3.79. The van der Waals surface area contributed by atoms with Crippen LogP contribution < -0.4 is 9.52 Å². The van der Waals surface area contributed by atoms with Crippen molar-refractivity contribution in [2.45, 2.75) is 45.1 Å².